The summed E-state index contributed by atoms with van der Waals surface area (Å²) in [7, 11) is 3.48. The van der Waals surface area contributed by atoms with Crippen molar-refractivity contribution in [2.45, 2.75) is 51.7 Å². The number of benzene rings is 1. The Hall–Kier alpha value is -2.85. The first-order chi connectivity index (χ1) is 13.7. The molecule has 1 aromatic carbocycles. The Morgan fingerprint density at radius 1 is 1.38 bits per heavy atom. The molecule has 29 heavy (non-hydrogen) atoms. The molecule has 1 aromatic heterocycles. The van der Waals surface area contributed by atoms with E-state index < -0.39 is 5.91 Å². The van der Waals surface area contributed by atoms with E-state index in [1.165, 1.54) is 13.2 Å². The van der Waals surface area contributed by atoms with Crippen LogP contribution in [-0.2, 0) is 23.7 Å². The number of carbonyl (C=O) groups excluding carboxylic acids is 1. The number of methoxy groups -OCH3 is 1. The van der Waals surface area contributed by atoms with Gasteiger partial charge in [0.25, 0.3) is 5.91 Å². The lowest BCUT2D eigenvalue weighted by atomic mass is 9.92. The van der Waals surface area contributed by atoms with Gasteiger partial charge in [0, 0.05) is 30.8 Å². The van der Waals surface area contributed by atoms with Crippen molar-refractivity contribution in [3.05, 3.63) is 46.6 Å². The number of carbonyl (C=O) groups is 1. The first kappa shape index (κ1) is 20.9. The summed E-state index contributed by atoms with van der Waals surface area (Å²) in [4.78, 5) is 17.4. The van der Waals surface area contributed by atoms with E-state index in [1.807, 2.05) is 17.8 Å². The van der Waals surface area contributed by atoms with Crippen molar-refractivity contribution < 1.29 is 14.3 Å². The molecule has 1 aliphatic heterocycles. The fourth-order valence-electron chi connectivity index (χ4n) is 3.67. The molecule has 0 radical (unpaired) electrons. The van der Waals surface area contributed by atoms with E-state index in [4.69, 9.17) is 9.47 Å². The molecule has 0 saturated carbocycles. The third-order valence-electron chi connectivity index (χ3n) is 5.19. The van der Waals surface area contributed by atoms with E-state index in [9.17, 15) is 10.1 Å². The van der Waals surface area contributed by atoms with E-state index in [2.05, 4.69) is 36.5 Å². The maximum absolute atomic E-state index is 13.0. The topological polar surface area (TPSA) is 81.5 Å². The van der Waals surface area contributed by atoms with Crippen molar-refractivity contribution in [2.24, 2.45) is 12.0 Å². The standard InChI is InChI=1S/C22H28N4O3/c1-22(2,3)19-12-20(26(25(19)4)14-16-7-6-10-29-16)24-21(27)17-11-15(13-23)8-9-18(17)28-5/h8-9,11-12,16H,6-7,10,14H2,1-5H3/t16-/m1/s1. The van der Waals surface area contributed by atoms with Gasteiger partial charge in [-0.2, -0.15) is 10.3 Å². The zero-order valence-electron chi connectivity index (χ0n) is 17.7. The summed E-state index contributed by atoms with van der Waals surface area (Å²) in [5.74, 6) is -0.0403. The van der Waals surface area contributed by atoms with Crippen LogP contribution >= 0.6 is 0 Å². The van der Waals surface area contributed by atoms with Gasteiger partial charge in [0.1, 0.15) is 5.75 Å². The summed E-state index contributed by atoms with van der Waals surface area (Å²) in [6.07, 6.45) is 2.15. The van der Waals surface area contributed by atoms with Crippen LogP contribution in [0.3, 0.4) is 0 Å². The molecule has 0 aliphatic carbocycles. The first-order valence-corrected chi connectivity index (χ1v) is 9.80. The fourth-order valence-corrected chi connectivity index (χ4v) is 3.67. The second-order valence-electron chi connectivity index (χ2n) is 8.32. The highest BCUT2D eigenvalue weighted by atomic mass is 16.5. The number of amides is 1. The lowest BCUT2D eigenvalue weighted by Gasteiger charge is -2.21. The number of hydrogen-bond donors (Lipinski definition) is 0. The van der Waals surface area contributed by atoms with E-state index in [0.717, 1.165) is 25.1 Å². The number of ether oxygens (including phenoxy) is 2. The van der Waals surface area contributed by atoms with Gasteiger partial charge in [-0.1, -0.05) is 20.8 Å². The van der Waals surface area contributed by atoms with Crippen molar-refractivity contribution in [1.82, 2.24) is 9.36 Å². The second-order valence-corrected chi connectivity index (χ2v) is 8.32. The molecule has 7 nitrogen and oxygen atoms in total. The molecule has 0 unspecified atom stereocenters. The van der Waals surface area contributed by atoms with Crippen molar-refractivity contribution in [1.29, 1.82) is 5.26 Å². The molecule has 2 aromatic rings. The molecule has 1 aliphatic rings. The molecule has 154 valence electrons. The minimum atomic E-state index is -0.439. The molecule has 2 heterocycles. The SMILES string of the molecule is COc1ccc(C#N)cc1C(=O)N=c1cc(C(C)(C)C)n(C)n1C[C@H]1CCCO1. The van der Waals surface area contributed by atoms with E-state index in [-0.39, 0.29) is 17.1 Å². The highest BCUT2D eigenvalue weighted by Crippen LogP contribution is 2.23. The van der Waals surface area contributed by atoms with Gasteiger partial charge in [-0.15, -0.1) is 0 Å². The average Bonchev–Trinajstić information content (AvgIpc) is 3.30. The maximum Gasteiger partial charge on any atom is 0.282 e. The normalized spacial score (nSPS) is 17.4. The molecular formula is C22H28N4O3. The van der Waals surface area contributed by atoms with Crippen LogP contribution in [-0.4, -0.2) is 35.1 Å². The highest BCUT2D eigenvalue weighted by molar-refractivity contribution is 5.98. The van der Waals surface area contributed by atoms with Gasteiger partial charge >= 0.3 is 0 Å². The number of hydrogen-bond acceptors (Lipinski definition) is 4. The molecule has 1 atom stereocenters. The maximum atomic E-state index is 13.0. The molecule has 1 amide bonds. The number of nitrogens with zero attached hydrogens (tertiary/aromatic N) is 4. The Bertz CT molecular complexity index is 1010. The summed E-state index contributed by atoms with van der Waals surface area (Å²) >= 11 is 0. The van der Waals surface area contributed by atoms with E-state index in [0.29, 0.717) is 23.3 Å². The zero-order valence-corrected chi connectivity index (χ0v) is 17.7. The second kappa shape index (κ2) is 8.26. The third-order valence-corrected chi connectivity index (χ3v) is 5.19. The Kier molecular flexibility index (Phi) is 5.94. The molecule has 0 N–H and O–H groups in total. The van der Waals surface area contributed by atoms with Crippen LogP contribution in [0.15, 0.2) is 29.3 Å². The largest absolute Gasteiger partial charge is 0.496 e. The van der Waals surface area contributed by atoms with Gasteiger partial charge in [-0.3, -0.25) is 14.2 Å². The van der Waals surface area contributed by atoms with Crippen LogP contribution in [0.25, 0.3) is 0 Å². The summed E-state index contributed by atoms with van der Waals surface area (Å²) in [5.41, 5.74) is 2.20. The summed E-state index contributed by atoms with van der Waals surface area (Å²) < 4.78 is 15.2. The van der Waals surface area contributed by atoms with Crippen molar-refractivity contribution >= 4 is 5.91 Å². The monoisotopic (exact) mass is 396 g/mol. The smallest absolute Gasteiger partial charge is 0.282 e. The van der Waals surface area contributed by atoms with E-state index >= 15 is 0 Å². The quantitative estimate of drug-likeness (QED) is 0.796. The van der Waals surface area contributed by atoms with Gasteiger partial charge in [-0.25, -0.2) is 0 Å². The zero-order chi connectivity index (χ0) is 21.2. The van der Waals surface area contributed by atoms with Crippen LogP contribution < -0.4 is 10.2 Å². The average molecular weight is 396 g/mol. The van der Waals surface area contributed by atoms with Crippen LogP contribution in [0, 0.1) is 11.3 Å². The van der Waals surface area contributed by atoms with Gasteiger partial charge in [-0.05, 0) is 31.0 Å². The lowest BCUT2D eigenvalue weighted by Crippen LogP contribution is -2.30. The highest BCUT2D eigenvalue weighted by Gasteiger charge is 2.24. The van der Waals surface area contributed by atoms with Crippen molar-refractivity contribution in [3.8, 4) is 11.8 Å². The summed E-state index contributed by atoms with van der Waals surface area (Å²) in [6.45, 7) is 7.79. The molecule has 3 rings (SSSR count). The van der Waals surface area contributed by atoms with Gasteiger partial charge < -0.3 is 9.47 Å². The predicted molar refractivity (Wildman–Crippen MR) is 109 cm³/mol. The fraction of sp³-hybridized carbons (Fsp3) is 0.500. The number of aromatic nitrogens is 2. The minimum Gasteiger partial charge on any atom is -0.496 e. The lowest BCUT2D eigenvalue weighted by molar-refractivity contribution is 0.0885. The molecule has 1 saturated heterocycles. The van der Waals surface area contributed by atoms with Crippen LogP contribution in [0.1, 0.15) is 55.2 Å². The summed E-state index contributed by atoms with van der Waals surface area (Å²) in [6, 6.07) is 8.76. The van der Waals surface area contributed by atoms with Crippen molar-refractivity contribution in [3.63, 3.8) is 0 Å². The Labute approximate surface area is 171 Å². The predicted octanol–water partition coefficient (Wildman–Crippen LogP) is 2.92. The molecule has 1 fully saturated rings. The third kappa shape index (κ3) is 4.43. The van der Waals surface area contributed by atoms with Crippen LogP contribution in [0.2, 0.25) is 0 Å². The van der Waals surface area contributed by atoms with Crippen LogP contribution in [0.4, 0.5) is 0 Å². The van der Waals surface area contributed by atoms with Crippen LogP contribution in [0.5, 0.6) is 5.75 Å². The minimum absolute atomic E-state index is 0.109. The Morgan fingerprint density at radius 2 is 2.14 bits per heavy atom. The molecular weight excluding hydrogens is 368 g/mol. The molecule has 0 spiro atoms. The Morgan fingerprint density at radius 3 is 2.72 bits per heavy atom. The molecule has 7 heteroatoms. The Balaban J connectivity index is 2.10. The van der Waals surface area contributed by atoms with Crippen molar-refractivity contribution in [2.75, 3.05) is 13.7 Å². The van der Waals surface area contributed by atoms with E-state index in [1.54, 1.807) is 12.1 Å². The van der Waals surface area contributed by atoms with Gasteiger partial charge in [0.15, 0.2) is 5.49 Å². The number of rotatable bonds is 4. The number of nitriles is 1. The first-order valence-electron chi connectivity index (χ1n) is 9.80. The summed E-state index contributed by atoms with van der Waals surface area (Å²) in [5, 5.41) is 9.18. The van der Waals surface area contributed by atoms with Gasteiger partial charge in [0.05, 0.1) is 37.0 Å². The van der Waals surface area contributed by atoms with Gasteiger partial charge in [0.2, 0.25) is 0 Å². The molecule has 0 bridgehead atoms.